The second kappa shape index (κ2) is 4.10. The summed E-state index contributed by atoms with van der Waals surface area (Å²) in [6.45, 7) is 0. The number of rotatable bonds is 2. The molecule has 88 valence electrons. The van der Waals surface area contributed by atoms with E-state index >= 15 is 0 Å². The van der Waals surface area contributed by atoms with Gasteiger partial charge in [-0.2, -0.15) is 0 Å². The molecule has 1 amide bonds. The van der Waals surface area contributed by atoms with Gasteiger partial charge in [-0.25, -0.2) is 8.42 Å². The molecular weight excluding hydrogens is 254 g/mol. The summed E-state index contributed by atoms with van der Waals surface area (Å²) >= 11 is 5.85. The van der Waals surface area contributed by atoms with E-state index in [0.29, 0.717) is 5.56 Å². The maximum atomic E-state index is 11.6. The molecular formula is C9H10ClNO4S. The minimum atomic E-state index is -3.13. The molecule has 1 aromatic rings. The topological polar surface area (TPSA) is 76.4 Å². The van der Waals surface area contributed by atoms with Gasteiger partial charge in [0.05, 0.1) is 34.8 Å². The van der Waals surface area contributed by atoms with Crippen LogP contribution in [0.25, 0.3) is 0 Å². The van der Waals surface area contributed by atoms with Crippen molar-refractivity contribution < 1.29 is 17.6 Å². The van der Waals surface area contributed by atoms with E-state index < -0.39 is 21.3 Å². The van der Waals surface area contributed by atoms with Crippen LogP contribution in [0.3, 0.4) is 0 Å². The van der Waals surface area contributed by atoms with Gasteiger partial charge in [-0.15, -0.1) is 11.6 Å². The molecule has 2 heterocycles. The van der Waals surface area contributed by atoms with Gasteiger partial charge in [0, 0.05) is 0 Å². The van der Waals surface area contributed by atoms with E-state index in [1.165, 1.54) is 18.6 Å². The van der Waals surface area contributed by atoms with Crippen LogP contribution >= 0.6 is 11.6 Å². The summed E-state index contributed by atoms with van der Waals surface area (Å²) in [5, 5.41) is 2.01. The van der Waals surface area contributed by atoms with Gasteiger partial charge in [0.1, 0.15) is 6.26 Å². The molecule has 7 heteroatoms. The number of hydrogen-bond donors (Lipinski definition) is 1. The van der Waals surface area contributed by atoms with Gasteiger partial charge < -0.3 is 9.73 Å². The third-order valence-corrected chi connectivity index (χ3v) is 4.76. The molecule has 5 nitrogen and oxygen atoms in total. The fourth-order valence-corrected chi connectivity index (χ4v) is 4.13. The summed E-state index contributed by atoms with van der Waals surface area (Å²) in [5.41, 5.74) is 0.355. The molecule has 1 fully saturated rings. The summed E-state index contributed by atoms with van der Waals surface area (Å²) in [6.07, 6.45) is 2.67. The first-order valence-electron chi connectivity index (χ1n) is 4.65. The van der Waals surface area contributed by atoms with Crippen LogP contribution in [0, 0.1) is 0 Å². The van der Waals surface area contributed by atoms with E-state index in [-0.39, 0.29) is 17.4 Å². The highest BCUT2D eigenvalue weighted by Crippen LogP contribution is 2.18. The van der Waals surface area contributed by atoms with Crippen molar-refractivity contribution in [1.29, 1.82) is 0 Å². The number of carbonyl (C=O) groups is 1. The van der Waals surface area contributed by atoms with Crippen LogP contribution in [-0.2, 0) is 9.84 Å². The van der Waals surface area contributed by atoms with Crippen molar-refractivity contribution in [2.45, 2.75) is 11.4 Å². The molecule has 0 spiro atoms. The highest BCUT2D eigenvalue weighted by Gasteiger charge is 2.37. The predicted octanol–water partition coefficient (Wildman–Crippen LogP) is 0.414. The molecule has 1 saturated heterocycles. The molecule has 1 N–H and O–H groups in total. The minimum Gasteiger partial charge on any atom is -0.472 e. The van der Waals surface area contributed by atoms with Crippen molar-refractivity contribution in [3.8, 4) is 0 Å². The zero-order valence-corrected chi connectivity index (χ0v) is 9.79. The van der Waals surface area contributed by atoms with Crippen LogP contribution in [0.5, 0.6) is 0 Å². The van der Waals surface area contributed by atoms with Crippen molar-refractivity contribution in [2.24, 2.45) is 0 Å². The maximum Gasteiger partial charge on any atom is 0.254 e. The van der Waals surface area contributed by atoms with Crippen molar-refractivity contribution >= 4 is 27.3 Å². The largest absolute Gasteiger partial charge is 0.472 e. The predicted molar refractivity (Wildman–Crippen MR) is 58.3 cm³/mol. The van der Waals surface area contributed by atoms with Crippen LogP contribution in [0.4, 0.5) is 0 Å². The quantitative estimate of drug-likeness (QED) is 0.785. The van der Waals surface area contributed by atoms with Crippen molar-refractivity contribution in [3.05, 3.63) is 24.2 Å². The first kappa shape index (κ1) is 11.5. The lowest BCUT2D eigenvalue weighted by molar-refractivity contribution is 0.0941. The Labute approximate surface area is 97.7 Å². The SMILES string of the molecule is O=C(NC1CS(=O)(=O)CC1Cl)c1ccoc1. The molecule has 1 aromatic heterocycles. The molecule has 0 aromatic carbocycles. The van der Waals surface area contributed by atoms with E-state index in [2.05, 4.69) is 5.32 Å². The normalized spacial score (nSPS) is 27.8. The van der Waals surface area contributed by atoms with Crippen molar-refractivity contribution in [3.63, 3.8) is 0 Å². The second-order valence-electron chi connectivity index (χ2n) is 3.68. The minimum absolute atomic E-state index is 0.0924. The summed E-state index contributed by atoms with van der Waals surface area (Å²) in [4.78, 5) is 11.6. The summed E-state index contributed by atoms with van der Waals surface area (Å²) in [5.74, 6) is -0.572. The molecule has 0 saturated carbocycles. The Balaban J connectivity index is 2.04. The number of amides is 1. The summed E-state index contributed by atoms with van der Waals surface area (Å²) in [6, 6.07) is 0.969. The molecule has 0 radical (unpaired) electrons. The average molecular weight is 264 g/mol. The van der Waals surface area contributed by atoms with E-state index in [0.717, 1.165) is 0 Å². The third kappa shape index (κ3) is 2.38. The molecule has 1 aliphatic heterocycles. The van der Waals surface area contributed by atoms with Gasteiger partial charge in [0.25, 0.3) is 5.91 Å². The Hall–Kier alpha value is -1.01. The average Bonchev–Trinajstić information content (AvgIpc) is 2.74. The number of nitrogens with one attached hydrogen (secondary N) is 1. The molecule has 2 atom stereocenters. The zero-order chi connectivity index (χ0) is 11.8. The lowest BCUT2D eigenvalue weighted by Gasteiger charge is -2.13. The fraction of sp³-hybridized carbons (Fsp3) is 0.444. The Morgan fingerprint density at radius 2 is 2.25 bits per heavy atom. The Morgan fingerprint density at radius 3 is 2.75 bits per heavy atom. The monoisotopic (exact) mass is 263 g/mol. The van der Waals surface area contributed by atoms with Crippen LogP contribution in [0.15, 0.2) is 23.0 Å². The molecule has 0 aliphatic carbocycles. The van der Waals surface area contributed by atoms with E-state index in [9.17, 15) is 13.2 Å². The fourth-order valence-electron chi connectivity index (χ4n) is 1.58. The van der Waals surface area contributed by atoms with Crippen LogP contribution in [0.2, 0.25) is 0 Å². The number of furan rings is 1. The number of sulfone groups is 1. The Bertz CT molecular complexity index is 482. The number of alkyl halides is 1. The van der Waals surface area contributed by atoms with Gasteiger partial charge in [-0.1, -0.05) is 0 Å². The van der Waals surface area contributed by atoms with E-state index in [1.807, 2.05) is 0 Å². The number of hydrogen-bond acceptors (Lipinski definition) is 4. The van der Waals surface area contributed by atoms with E-state index in [1.54, 1.807) is 0 Å². The molecule has 16 heavy (non-hydrogen) atoms. The lowest BCUT2D eigenvalue weighted by Crippen LogP contribution is -2.40. The molecule has 1 aliphatic rings. The smallest absolute Gasteiger partial charge is 0.254 e. The van der Waals surface area contributed by atoms with Crippen LogP contribution in [0.1, 0.15) is 10.4 Å². The highest BCUT2D eigenvalue weighted by molar-refractivity contribution is 7.91. The molecule has 2 rings (SSSR count). The van der Waals surface area contributed by atoms with E-state index in [4.69, 9.17) is 16.0 Å². The Kier molecular flexibility index (Phi) is 2.94. The number of carbonyl (C=O) groups excluding carboxylic acids is 1. The third-order valence-electron chi connectivity index (χ3n) is 2.38. The standard InChI is InChI=1S/C9H10ClNO4S/c10-7-4-16(13,14)5-8(7)11-9(12)6-1-2-15-3-6/h1-3,7-8H,4-5H2,(H,11,12). The lowest BCUT2D eigenvalue weighted by atomic mass is 10.2. The van der Waals surface area contributed by atoms with Gasteiger partial charge in [0.2, 0.25) is 0 Å². The second-order valence-corrected chi connectivity index (χ2v) is 6.40. The van der Waals surface area contributed by atoms with Crippen molar-refractivity contribution in [2.75, 3.05) is 11.5 Å². The van der Waals surface area contributed by atoms with Crippen LogP contribution < -0.4 is 5.32 Å². The summed E-state index contributed by atoms with van der Waals surface area (Å²) < 4.78 is 27.3. The summed E-state index contributed by atoms with van der Waals surface area (Å²) in [7, 11) is -3.13. The first-order chi connectivity index (χ1) is 7.48. The van der Waals surface area contributed by atoms with Gasteiger partial charge in [-0.05, 0) is 6.07 Å². The van der Waals surface area contributed by atoms with Gasteiger partial charge >= 0.3 is 0 Å². The highest BCUT2D eigenvalue weighted by atomic mass is 35.5. The van der Waals surface area contributed by atoms with Gasteiger partial charge in [0.15, 0.2) is 9.84 Å². The maximum absolute atomic E-state index is 11.6. The number of halogens is 1. The van der Waals surface area contributed by atoms with Crippen LogP contribution in [-0.4, -0.2) is 37.2 Å². The molecule has 2 unspecified atom stereocenters. The Morgan fingerprint density at radius 1 is 1.50 bits per heavy atom. The zero-order valence-electron chi connectivity index (χ0n) is 8.22. The van der Waals surface area contributed by atoms with Crippen molar-refractivity contribution in [1.82, 2.24) is 5.32 Å². The van der Waals surface area contributed by atoms with Gasteiger partial charge in [-0.3, -0.25) is 4.79 Å². The molecule has 0 bridgehead atoms. The first-order valence-corrected chi connectivity index (χ1v) is 6.91.